The van der Waals surface area contributed by atoms with Crippen molar-refractivity contribution >= 4 is 0 Å². The molecule has 0 saturated carbocycles. The van der Waals surface area contributed by atoms with Gasteiger partial charge in [-0.25, -0.2) is 0 Å². The number of aliphatic hydroxyl groups is 1. The summed E-state index contributed by atoms with van der Waals surface area (Å²) in [5.41, 5.74) is 3.16. The highest BCUT2D eigenvalue weighted by atomic mass is 16.5. The maximum Gasteiger partial charge on any atom is 0.128 e. The maximum absolute atomic E-state index is 10.8. The summed E-state index contributed by atoms with van der Waals surface area (Å²) in [4.78, 5) is 2.18. The summed E-state index contributed by atoms with van der Waals surface area (Å²) in [5, 5.41) is 10.8. The smallest absolute Gasteiger partial charge is 0.128 e. The van der Waals surface area contributed by atoms with Crippen molar-refractivity contribution in [2.24, 2.45) is 0 Å². The third-order valence-electron chi connectivity index (χ3n) is 4.42. The van der Waals surface area contributed by atoms with Crippen LogP contribution in [-0.2, 0) is 9.47 Å². The minimum Gasteiger partial charge on any atom is -0.491 e. The number of aliphatic hydroxyl groups excluding tert-OH is 1. The number of nitrogens with zero attached hydrogens (tertiary/aromatic N) is 1. The normalized spacial score (nSPS) is 20.8. The first kappa shape index (κ1) is 17.2. The highest BCUT2D eigenvalue weighted by Gasteiger charge is 2.34. The van der Waals surface area contributed by atoms with Crippen LogP contribution >= 0.6 is 0 Å². The molecule has 0 amide bonds. The summed E-state index contributed by atoms with van der Waals surface area (Å²) in [7, 11) is 3.37. The van der Waals surface area contributed by atoms with Crippen molar-refractivity contribution < 1.29 is 19.3 Å². The molecule has 1 aromatic carbocycles. The third kappa shape index (κ3) is 3.60. The Morgan fingerprint density at radius 2 is 1.82 bits per heavy atom. The first-order valence-electron chi connectivity index (χ1n) is 7.73. The van der Waals surface area contributed by atoms with Crippen LogP contribution in [0.3, 0.4) is 0 Å². The van der Waals surface area contributed by atoms with E-state index in [0.29, 0.717) is 19.8 Å². The summed E-state index contributed by atoms with van der Waals surface area (Å²) < 4.78 is 16.3. The van der Waals surface area contributed by atoms with Crippen molar-refractivity contribution in [3.8, 4) is 5.75 Å². The van der Waals surface area contributed by atoms with E-state index >= 15 is 0 Å². The maximum atomic E-state index is 10.8. The van der Waals surface area contributed by atoms with Gasteiger partial charge in [-0.1, -0.05) is 12.1 Å². The zero-order chi connectivity index (χ0) is 16.1. The lowest BCUT2D eigenvalue weighted by molar-refractivity contribution is -0.0148. The van der Waals surface area contributed by atoms with Crippen LogP contribution in [0.1, 0.15) is 22.8 Å². The molecule has 0 spiro atoms. The molecule has 0 saturated heterocycles. The topological polar surface area (TPSA) is 51.2 Å². The van der Waals surface area contributed by atoms with Gasteiger partial charge < -0.3 is 19.3 Å². The standard InChI is InChI=1S/C17H27NO4/c1-12-5-6-14-16(19)15(11-22-17(14)13(12)2)18(7-9-20-3)8-10-21-4/h5-6,15-16,19H,7-11H2,1-4H3. The first-order chi connectivity index (χ1) is 10.6. The van der Waals surface area contributed by atoms with Crippen molar-refractivity contribution in [3.63, 3.8) is 0 Å². The summed E-state index contributed by atoms with van der Waals surface area (Å²) in [5.74, 6) is 0.835. The molecular formula is C17H27NO4. The Morgan fingerprint density at radius 3 is 2.41 bits per heavy atom. The fourth-order valence-electron chi connectivity index (χ4n) is 2.87. The van der Waals surface area contributed by atoms with Crippen LogP contribution in [0.5, 0.6) is 5.75 Å². The molecule has 22 heavy (non-hydrogen) atoms. The second-order valence-corrected chi connectivity index (χ2v) is 5.77. The van der Waals surface area contributed by atoms with Gasteiger partial charge in [0.2, 0.25) is 0 Å². The average molecular weight is 309 g/mol. The molecule has 0 radical (unpaired) electrons. The van der Waals surface area contributed by atoms with Gasteiger partial charge >= 0.3 is 0 Å². The lowest BCUT2D eigenvalue weighted by Crippen LogP contribution is -2.48. The quantitative estimate of drug-likeness (QED) is 0.831. The number of benzene rings is 1. The molecule has 1 heterocycles. The Kier molecular flexibility index (Phi) is 6.20. The van der Waals surface area contributed by atoms with Crippen LogP contribution < -0.4 is 4.74 Å². The van der Waals surface area contributed by atoms with Crippen LogP contribution in [0, 0.1) is 13.8 Å². The van der Waals surface area contributed by atoms with Crippen LogP contribution in [0.2, 0.25) is 0 Å². The van der Waals surface area contributed by atoms with E-state index in [1.54, 1.807) is 14.2 Å². The number of fused-ring (bicyclic) bond motifs is 1. The molecule has 0 bridgehead atoms. The van der Waals surface area contributed by atoms with Gasteiger partial charge in [-0.2, -0.15) is 0 Å². The van der Waals surface area contributed by atoms with E-state index in [1.807, 2.05) is 19.1 Å². The number of hydrogen-bond donors (Lipinski definition) is 1. The van der Waals surface area contributed by atoms with Crippen LogP contribution in [0.15, 0.2) is 12.1 Å². The van der Waals surface area contributed by atoms with Crippen LogP contribution in [0.4, 0.5) is 0 Å². The Balaban J connectivity index is 2.19. The lowest BCUT2D eigenvalue weighted by Gasteiger charge is -2.38. The number of rotatable bonds is 7. The monoisotopic (exact) mass is 309 g/mol. The minimum atomic E-state index is -0.559. The van der Waals surface area contributed by atoms with E-state index in [1.165, 1.54) is 5.56 Å². The van der Waals surface area contributed by atoms with E-state index in [2.05, 4.69) is 11.8 Å². The van der Waals surface area contributed by atoms with Crippen molar-refractivity contribution in [2.75, 3.05) is 47.1 Å². The largest absolute Gasteiger partial charge is 0.491 e. The summed E-state index contributed by atoms with van der Waals surface area (Å²) in [6.07, 6.45) is -0.559. The second kappa shape index (κ2) is 7.92. The SMILES string of the molecule is COCCN(CCOC)C1COc2c(ccc(C)c2C)C1O. The Morgan fingerprint density at radius 1 is 1.18 bits per heavy atom. The van der Waals surface area contributed by atoms with Crippen LogP contribution in [0.25, 0.3) is 0 Å². The predicted octanol–water partition coefficient (Wildman–Crippen LogP) is 1.69. The van der Waals surface area contributed by atoms with Crippen LogP contribution in [-0.4, -0.2) is 63.2 Å². The Labute approximate surface area is 132 Å². The van der Waals surface area contributed by atoms with Crippen molar-refractivity contribution in [3.05, 3.63) is 28.8 Å². The molecule has 2 atom stereocenters. The first-order valence-corrected chi connectivity index (χ1v) is 7.73. The highest BCUT2D eigenvalue weighted by molar-refractivity contribution is 5.48. The van der Waals surface area contributed by atoms with Gasteiger partial charge in [0, 0.05) is 32.9 Å². The molecule has 0 aliphatic carbocycles. The average Bonchev–Trinajstić information content (AvgIpc) is 2.52. The summed E-state index contributed by atoms with van der Waals surface area (Å²) in [6, 6.07) is 3.93. The molecule has 2 unspecified atom stereocenters. The van der Waals surface area contributed by atoms with E-state index in [0.717, 1.165) is 30.0 Å². The molecule has 1 aromatic rings. The van der Waals surface area contributed by atoms with Gasteiger partial charge in [-0.15, -0.1) is 0 Å². The molecule has 0 fully saturated rings. The molecule has 1 aliphatic rings. The zero-order valence-corrected chi connectivity index (χ0v) is 14.0. The molecule has 2 rings (SSSR count). The van der Waals surface area contributed by atoms with Gasteiger partial charge in [0.05, 0.1) is 19.3 Å². The van der Waals surface area contributed by atoms with E-state index < -0.39 is 6.10 Å². The number of hydrogen-bond acceptors (Lipinski definition) is 5. The number of methoxy groups -OCH3 is 2. The highest BCUT2D eigenvalue weighted by Crippen LogP contribution is 2.37. The fourth-order valence-corrected chi connectivity index (χ4v) is 2.87. The van der Waals surface area contributed by atoms with Gasteiger partial charge in [0.25, 0.3) is 0 Å². The summed E-state index contributed by atoms with van der Waals surface area (Å²) in [6.45, 7) is 7.29. The third-order valence-corrected chi connectivity index (χ3v) is 4.42. The fraction of sp³-hybridized carbons (Fsp3) is 0.647. The van der Waals surface area contributed by atoms with E-state index in [9.17, 15) is 5.11 Å². The molecular weight excluding hydrogens is 282 g/mol. The van der Waals surface area contributed by atoms with E-state index in [4.69, 9.17) is 14.2 Å². The molecule has 5 nitrogen and oxygen atoms in total. The zero-order valence-electron chi connectivity index (χ0n) is 14.0. The number of aryl methyl sites for hydroxylation is 1. The summed E-state index contributed by atoms with van der Waals surface area (Å²) >= 11 is 0. The van der Waals surface area contributed by atoms with Gasteiger partial charge in [-0.3, -0.25) is 4.90 Å². The van der Waals surface area contributed by atoms with Crippen molar-refractivity contribution in [2.45, 2.75) is 26.0 Å². The Bertz CT molecular complexity index is 484. The molecule has 5 heteroatoms. The minimum absolute atomic E-state index is 0.0834. The molecule has 124 valence electrons. The Hall–Kier alpha value is -1.14. The predicted molar refractivity (Wildman–Crippen MR) is 85.5 cm³/mol. The number of ether oxygens (including phenoxy) is 3. The molecule has 1 aliphatic heterocycles. The van der Waals surface area contributed by atoms with E-state index in [-0.39, 0.29) is 6.04 Å². The van der Waals surface area contributed by atoms with Gasteiger partial charge in [0.1, 0.15) is 18.5 Å². The molecule has 0 aromatic heterocycles. The van der Waals surface area contributed by atoms with Crippen molar-refractivity contribution in [1.29, 1.82) is 0 Å². The van der Waals surface area contributed by atoms with Gasteiger partial charge in [-0.05, 0) is 25.0 Å². The van der Waals surface area contributed by atoms with Crippen molar-refractivity contribution in [1.82, 2.24) is 4.90 Å². The van der Waals surface area contributed by atoms with Gasteiger partial charge in [0.15, 0.2) is 0 Å². The lowest BCUT2D eigenvalue weighted by atomic mass is 9.94. The molecule has 1 N–H and O–H groups in total. The second-order valence-electron chi connectivity index (χ2n) is 5.77.